The molecule has 2 aromatic carbocycles. The minimum atomic E-state index is -0.271. The Morgan fingerprint density at radius 1 is 0.893 bits per heavy atom. The van der Waals surface area contributed by atoms with Crippen LogP contribution in [0.4, 0.5) is 4.39 Å². The smallest absolute Gasteiger partial charge is 0.271 e. The van der Waals surface area contributed by atoms with E-state index in [2.05, 4.69) is 46.6 Å². The van der Waals surface area contributed by atoms with Gasteiger partial charge in [-0.1, -0.05) is 36.4 Å². The Balaban J connectivity index is 1.24. The van der Waals surface area contributed by atoms with Crippen molar-refractivity contribution in [3.63, 3.8) is 0 Å². The van der Waals surface area contributed by atoms with Crippen LogP contribution in [0.5, 0.6) is 0 Å². The lowest BCUT2D eigenvalue weighted by molar-refractivity contribution is -1.02. The minimum absolute atomic E-state index is 0.271. The van der Waals surface area contributed by atoms with Gasteiger partial charge in [0.1, 0.15) is 32.0 Å². The summed E-state index contributed by atoms with van der Waals surface area (Å²) in [4.78, 5) is 3.07. The van der Waals surface area contributed by atoms with Crippen LogP contribution in [0.2, 0.25) is 0 Å². The molecule has 1 saturated heterocycles. The second-order valence-corrected chi connectivity index (χ2v) is 7.20. The van der Waals surface area contributed by atoms with E-state index in [1.165, 1.54) is 22.6 Å². The Kier molecular flexibility index (Phi) is 5.89. The highest BCUT2D eigenvalue weighted by Gasteiger charge is 2.24. The lowest BCUT2D eigenvalue weighted by atomic mass is 10.2. The maximum atomic E-state index is 13.0. The Hall–Kier alpha value is -2.83. The summed E-state index contributed by atoms with van der Waals surface area (Å²) >= 11 is 0. The molecule has 3 aromatic rings. The molecule has 6 heteroatoms. The van der Waals surface area contributed by atoms with Gasteiger partial charge >= 0.3 is 0 Å². The number of piperazine rings is 1. The van der Waals surface area contributed by atoms with Crippen LogP contribution in [-0.2, 0) is 6.54 Å². The third-order valence-corrected chi connectivity index (χ3v) is 5.14. The van der Waals surface area contributed by atoms with Crippen molar-refractivity contribution in [2.24, 2.45) is 0 Å². The van der Waals surface area contributed by atoms with E-state index in [0.717, 1.165) is 44.8 Å². The van der Waals surface area contributed by atoms with Crippen molar-refractivity contribution < 1.29 is 18.6 Å². The van der Waals surface area contributed by atoms with Gasteiger partial charge in [-0.2, -0.15) is 0 Å². The average Bonchev–Trinajstić information content (AvgIpc) is 3.19. The van der Waals surface area contributed by atoms with Crippen LogP contribution in [0.15, 0.2) is 65.1 Å². The number of quaternary nitrogens is 2. The molecule has 28 heavy (non-hydrogen) atoms. The molecular formula is C22H25FN4O+2. The first-order valence-electron chi connectivity index (χ1n) is 9.73. The second kappa shape index (κ2) is 8.91. The van der Waals surface area contributed by atoms with Gasteiger partial charge in [-0.25, -0.2) is 4.39 Å². The fraction of sp³-hybridized carbons (Fsp3) is 0.273. The standard InChI is InChI=1S/C22H23FN4O/c23-20-10-8-19(9-11-20)22-25-24-21(28-22)17-27-15-13-26(14-16-27)12-4-7-18-5-2-1-3-6-18/h1-11H,12-17H2/p+2/b7-4+. The number of aromatic nitrogens is 2. The van der Waals surface area contributed by atoms with Gasteiger partial charge in [0.15, 0.2) is 6.54 Å². The zero-order valence-corrected chi connectivity index (χ0v) is 15.8. The van der Waals surface area contributed by atoms with Gasteiger partial charge in [0.05, 0.1) is 6.54 Å². The number of nitrogens with one attached hydrogen (secondary N) is 2. The molecule has 2 N–H and O–H groups in total. The van der Waals surface area contributed by atoms with Crippen molar-refractivity contribution in [2.45, 2.75) is 6.54 Å². The minimum Gasteiger partial charge on any atom is -0.415 e. The quantitative estimate of drug-likeness (QED) is 0.667. The van der Waals surface area contributed by atoms with Gasteiger partial charge < -0.3 is 14.2 Å². The van der Waals surface area contributed by atoms with E-state index in [1.807, 2.05) is 6.07 Å². The van der Waals surface area contributed by atoms with E-state index in [9.17, 15) is 4.39 Å². The zero-order chi connectivity index (χ0) is 19.2. The van der Waals surface area contributed by atoms with E-state index in [-0.39, 0.29) is 5.82 Å². The molecule has 144 valence electrons. The molecule has 0 radical (unpaired) electrons. The summed E-state index contributed by atoms with van der Waals surface area (Å²) in [6.45, 7) is 6.23. The first-order valence-corrected chi connectivity index (χ1v) is 9.73. The molecule has 1 aliphatic heterocycles. The SMILES string of the molecule is Fc1ccc(-c2nnc(C[NH+]3CC[NH+](C/C=C/c4ccccc4)CC3)o2)cc1. The number of halogens is 1. The van der Waals surface area contributed by atoms with Crippen molar-refractivity contribution in [3.05, 3.63) is 77.9 Å². The van der Waals surface area contributed by atoms with Crippen LogP contribution in [-0.4, -0.2) is 42.9 Å². The fourth-order valence-electron chi connectivity index (χ4n) is 3.51. The normalized spacial score (nSPS) is 19.9. The summed E-state index contributed by atoms with van der Waals surface area (Å²) < 4.78 is 18.8. The number of benzene rings is 2. The monoisotopic (exact) mass is 380 g/mol. The molecule has 0 spiro atoms. The van der Waals surface area contributed by atoms with Gasteiger partial charge in [-0.15, -0.1) is 10.2 Å². The number of hydrogen-bond donors (Lipinski definition) is 2. The molecule has 0 amide bonds. The van der Waals surface area contributed by atoms with E-state index in [0.29, 0.717) is 11.8 Å². The number of hydrogen-bond acceptors (Lipinski definition) is 3. The molecule has 1 fully saturated rings. The van der Waals surface area contributed by atoms with Gasteiger partial charge in [-0.05, 0) is 35.9 Å². The van der Waals surface area contributed by atoms with Crippen LogP contribution in [0.25, 0.3) is 17.5 Å². The summed E-state index contributed by atoms with van der Waals surface area (Å²) in [5.74, 6) is 0.818. The van der Waals surface area contributed by atoms with Crippen LogP contribution >= 0.6 is 0 Å². The van der Waals surface area contributed by atoms with Crippen LogP contribution in [0.1, 0.15) is 11.5 Å². The molecule has 4 rings (SSSR count). The molecule has 0 unspecified atom stereocenters. The molecule has 1 aliphatic rings. The summed E-state index contributed by atoms with van der Waals surface area (Å²) in [6.07, 6.45) is 4.46. The maximum absolute atomic E-state index is 13.0. The van der Waals surface area contributed by atoms with Crippen molar-refractivity contribution in [1.29, 1.82) is 0 Å². The van der Waals surface area contributed by atoms with Gasteiger partial charge in [0, 0.05) is 5.56 Å². The maximum Gasteiger partial charge on any atom is 0.271 e. The molecule has 0 aliphatic carbocycles. The molecule has 0 atom stereocenters. The molecule has 0 saturated carbocycles. The molecule has 0 bridgehead atoms. The lowest BCUT2D eigenvalue weighted by Gasteiger charge is -2.28. The fourth-order valence-corrected chi connectivity index (χ4v) is 3.51. The summed E-state index contributed by atoms with van der Waals surface area (Å²) in [7, 11) is 0. The van der Waals surface area contributed by atoms with Gasteiger partial charge in [0.25, 0.3) is 5.89 Å². The highest BCUT2D eigenvalue weighted by Crippen LogP contribution is 2.17. The Morgan fingerprint density at radius 3 is 2.36 bits per heavy atom. The van der Waals surface area contributed by atoms with Crippen LogP contribution < -0.4 is 9.80 Å². The highest BCUT2D eigenvalue weighted by atomic mass is 19.1. The van der Waals surface area contributed by atoms with Crippen molar-refractivity contribution in [3.8, 4) is 11.5 Å². The van der Waals surface area contributed by atoms with Gasteiger partial charge in [-0.3, -0.25) is 0 Å². The van der Waals surface area contributed by atoms with E-state index >= 15 is 0 Å². The largest absolute Gasteiger partial charge is 0.415 e. The Morgan fingerprint density at radius 2 is 1.61 bits per heavy atom. The Bertz CT molecular complexity index is 900. The molecule has 2 heterocycles. The number of rotatable bonds is 6. The predicted octanol–water partition coefficient (Wildman–Crippen LogP) is 0.873. The van der Waals surface area contributed by atoms with Crippen LogP contribution in [0, 0.1) is 5.82 Å². The van der Waals surface area contributed by atoms with E-state index in [4.69, 9.17) is 4.42 Å². The Labute approximate surface area is 164 Å². The highest BCUT2D eigenvalue weighted by molar-refractivity contribution is 5.52. The average molecular weight is 380 g/mol. The summed E-state index contributed by atoms with van der Waals surface area (Å²) in [5.41, 5.74) is 1.99. The summed E-state index contributed by atoms with van der Waals surface area (Å²) in [5, 5.41) is 8.26. The third-order valence-electron chi connectivity index (χ3n) is 5.14. The van der Waals surface area contributed by atoms with Crippen molar-refractivity contribution >= 4 is 6.08 Å². The van der Waals surface area contributed by atoms with Gasteiger partial charge in [0.2, 0.25) is 5.89 Å². The number of nitrogens with zero attached hydrogens (tertiary/aromatic N) is 2. The first kappa shape index (κ1) is 18.5. The molecule has 1 aromatic heterocycles. The van der Waals surface area contributed by atoms with E-state index < -0.39 is 0 Å². The van der Waals surface area contributed by atoms with E-state index in [1.54, 1.807) is 17.0 Å². The summed E-state index contributed by atoms with van der Waals surface area (Å²) in [6, 6.07) is 16.5. The van der Waals surface area contributed by atoms with Crippen LogP contribution in [0.3, 0.4) is 0 Å². The lowest BCUT2D eigenvalue weighted by Crippen LogP contribution is -3.27. The first-order chi connectivity index (χ1) is 13.8. The topological polar surface area (TPSA) is 47.8 Å². The molecule has 5 nitrogen and oxygen atoms in total. The predicted molar refractivity (Wildman–Crippen MR) is 105 cm³/mol. The van der Waals surface area contributed by atoms with Crippen molar-refractivity contribution in [1.82, 2.24) is 10.2 Å². The second-order valence-electron chi connectivity index (χ2n) is 7.20. The zero-order valence-electron chi connectivity index (χ0n) is 15.8. The third kappa shape index (κ3) is 4.91. The molecular weight excluding hydrogens is 355 g/mol. The van der Waals surface area contributed by atoms with Crippen molar-refractivity contribution in [2.75, 3.05) is 32.7 Å².